The van der Waals surface area contributed by atoms with Crippen LogP contribution in [0.1, 0.15) is 44.8 Å². The SMILES string of the molecule is Cc1ccc(-c2nc(CC(=O)NC(C)c3nc(C)c(C(=O)O)s3)cs2)o1. The summed E-state index contributed by atoms with van der Waals surface area (Å²) in [6.45, 7) is 5.29. The molecule has 0 spiro atoms. The summed E-state index contributed by atoms with van der Waals surface area (Å²) < 4.78 is 5.54. The fourth-order valence-electron chi connectivity index (χ4n) is 2.37. The number of rotatable bonds is 6. The Morgan fingerprint density at radius 1 is 1.31 bits per heavy atom. The summed E-state index contributed by atoms with van der Waals surface area (Å²) in [5.41, 5.74) is 1.11. The van der Waals surface area contributed by atoms with Gasteiger partial charge in [-0.05, 0) is 32.9 Å². The summed E-state index contributed by atoms with van der Waals surface area (Å²) in [4.78, 5) is 32.2. The van der Waals surface area contributed by atoms with Crippen molar-refractivity contribution in [1.29, 1.82) is 0 Å². The van der Waals surface area contributed by atoms with Gasteiger partial charge in [0.1, 0.15) is 15.6 Å². The van der Waals surface area contributed by atoms with E-state index in [2.05, 4.69) is 15.3 Å². The van der Waals surface area contributed by atoms with Gasteiger partial charge in [0.2, 0.25) is 5.91 Å². The van der Waals surface area contributed by atoms with Crippen LogP contribution in [0.4, 0.5) is 0 Å². The Morgan fingerprint density at radius 3 is 2.69 bits per heavy atom. The Balaban J connectivity index is 1.63. The van der Waals surface area contributed by atoms with Crippen LogP contribution in [0.25, 0.3) is 10.8 Å². The molecule has 3 aromatic rings. The molecule has 0 aliphatic heterocycles. The Morgan fingerprint density at radius 2 is 2.08 bits per heavy atom. The zero-order valence-electron chi connectivity index (χ0n) is 14.4. The van der Waals surface area contributed by atoms with Crippen LogP contribution in [0.15, 0.2) is 21.9 Å². The molecule has 1 atom stereocenters. The molecule has 0 saturated heterocycles. The molecule has 3 rings (SSSR count). The number of carbonyl (C=O) groups excluding carboxylic acids is 1. The molecule has 26 heavy (non-hydrogen) atoms. The van der Waals surface area contributed by atoms with E-state index in [1.807, 2.05) is 24.4 Å². The normalized spacial score (nSPS) is 12.1. The molecule has 0 fully saturated rings. The van der Waals surface area contributed by atoms with Crippen LogP contribution < -0.4 is 5.32 Å². The van der Waals surface area contributed by atoms with E-state index in [-0.39, 0.29) is 23.2 Å². The Hall–Kier alpha value is -2.52. The second kappa shape index (κ2) is 7.38. The van der Waals surface area contributed by atoms with E-state index in [1.54, 1.807) is 13.8 Å². The van der Waals surface area contributed by atoms with E-state index in [4.69, 9.17) is 9.52 Å². The van der Waals surface area contributed by atoms with Crippen molar-refractivity contribution in [3.63, 3.8) is 0 Å². The topological polar surface area (TPSA) is 105 Å². The summed E-state index contributed by atoms with van der Waals surface area (Å²) in [5.74, 6) is 0.289. The van der Waals surface area contributed by atoms with Crippen LogP contribution in [0.2, 0.25) is 0 Å². The lowest BCUT2D eigenvalue weighted by atomic mass is 10.3. The third-order valence-corrected chi connectivity index (χ3v) is 5.83. The zero-order chi connectivity index (χ0) is 18.8. The number of carboxylic acid groups (broad SMARTS) is 1. The average Bonchev–Trinajstić information content (AvgIpc) is 3.26. The molecule has 0 aliphatic carbocycles. The monoisotopic (exact) mass is 391 g/mol. The molecule has 0 aromatic carbocycles. The van der Waals surface area contributed by atoms with Crippen LogP contribution >= 0.6 is 22.7 Å². The number of aryl methyl sites for hydroxylation is 2. The fraction of sp³-hybridized carbons (Fsp3) is 0.294. The van der Waals surface area contributed by atoms with Gasteiger partial charge in [-0.3, -0.25) is 4.79 Å². The summed E-state index contributed by atoms with van der Waals surface area (Å²) >= 11 is 2.50. The number of nitrogens with zero attached hydrogens (tertiary/aromatic N) is 2. The van der Waals surface area contributed by atoms with Crippen LogP contribution in [0.3, 0.4) is 0 Å². The van der Waals surface area contributed by atoms with Gasteiger partial charge in [-0.15, -0.1) is 22.7 Å². The number of carbonyl (C=O) groups is 2. The van der Waals surface area contributed by atoms with Crippen LogP contribution in [0.5, 0.6) is 0 Å². The van der Waals surface area contributed by atoms with E-state index in [0.29, 0.717) is 22.2 Å². The Kier molecular flexibility index (Phi) is 5.19. The minimum absolute atomic E-state index is 0.136. The van der Waals surface area contributed by atoms with Crippen LogP contribution in [-0.4, -0.2) is 27.0 Å². The Bertz CT molecular complexity index is 957. The predicted molar refractivity (Wildman–Crippen MR) is 98.6 cm³/mol. The van der Waals surface area contributed by atoms with E-state index in [1.165, 1.54) is 11.3 Å². The maximum Gasteiger partial charge on any atom is 0.347 e. The number of hydrogen-bond donors (Lipinski definition) is 2. The number of nitrogens with one attached hydrogen (secondary N) is 1. The van der Waals surface area contributed by atoms with Gasteiger partial charge in [0.15, 0.2) is 10.8 Å². The second-order valence-corrected chi connectivity index (χ2v) is 7.68. The van der Waals surface area contributed by atoms with Gasteiger partial charge >= 0.3 is 5.97 Å². The highest BCUT2D eigenvalue weighted by atomic mass is 32.1. The fourth-order valence-corrected chi connectivity index (χ4v) is 4.06. The molecule has 136 valence electrons. The number of amides is 1. The molecule has 0 saturated carbocycles. The molecule has 3 aromatic heterocycles. The summed E-state index contributed by atoms with van der Waals surface area (Å²) in [6, 6.07) is 3.35. The summed E-state index contributed by atoms with van der Waals surface area (Å²) in [6.07, 6.45) is 0.136. The summed E-state index contributed by atoms with van der Waals surface area (Å²) in [5, 5.41) is 15.1. The minimum Gasteiger partial charge on any atom is -0.477 e. The molecule has 3 heterocycles. The molecule has 7 nitrogen and oxygen atoms in total. The third-order valence-electron chi connectivity index (χ3n) is 3.60. The molecular weight excluding hydrogens is 374 g/mol. The number of aromatic carboxylic acids is 1. The first-order valence-electron chi connectivity index (χ1n) is 7.84. The minimum atomic E-state index is -1.01. The first-order chi connectivity index (χ1) is 12.3. The number of carboxylic acids is 1. The number of hydrogen-bond acceptors (Lipinski definition) is 7. The zero-order valence-corrected chi connectivity index (χ0v) is 16.0. The van der Waals surface area contributed by atoms with Crippen LogP contribution in [0, 0.1) is 13.8 Å². The van der Waals surface area contributed by atoms with Crippen LogP contribution in [-0.2, 0) is 11.2 Å². The van der Waals surface area contributed by atoms with Crippen molar-refractivity contribution in [2.45, 2.75) is 33.2 Å². The van der Waals surface area contributed by atoms with Gasteiger partial charge < -0.3 is 14.8 Å². The van der Waals surface area contributed by atoms with Crippen molar-refractivity contribution in [3.05, 3.63) is 44.5 Å². The predicted octanol–water partition coefficient (Wildman–Crippen LogP) is 3.59. The average molecular weight is 391 g/mol. The first kappa shape index (κ1) is 18.3. The largest absolute Gasteiger partial charge is 0.477 e. The van der Waals surface area contributed by atoms with E-state index in [9.17, 15) is 9.59 Å². The summed E-state index contributed by atoms with van der Waals surface area (Å²) in [7, 11) is 0. The lowest BCUT2D eigenvalue weighted by molar-refractivity contribution is -0.121. The highest BCUT2D eigenvalue weighted by molar-refractivity contribution is 7.13. The van der Waals surface area contributed by atoms with Crippen molar-refractivity contribution in [1.82, 2.24) is 15.3 Å². The highest BCUT2D eigenvalue weighted by Gasteiger charge is 2.20. The molecule has 0 bridgehead atoms. The van der Waals surface area contributed by atoms with Crippen molar-refractivity contribution < 1.29 is 19.1 Å². The van der Waals surface area contributed by atoms with Gasteiger partial charge in [0.05, 0.1) is 23.9 Å². The van der Waals surface area contributed by atoms with Gasteiger partial charge in [-0.1, -0.05) is 0 Å². The van der Waals surface area contributed by atoms with Crippen molar-refractivity contribution in [3.8, 4) is 10.8 Å². The van der Waals surface area contributed by atoms with Gasteiger partial charge in [-0.25, -0.2) is 14.8 Å². The third kappa shape index (κ3) is 4.00. The molecule has 1 unspecified atom stereocenters. The maximum absolute atomic E-state index is 12.3. The second-order valence-electron chi connectivity index (χ2n) is 5.79. The quantitative estimate of drug-likeness (QED) is 0.665. The van der Waals surface area contributed by atoms with Crippen molar-refractivity contribution >= 4 is 34.6 Å². The molecule has 2 N–H and O–H groups in total. The lowest BCUT2D eigenvalue weighted by Gasteiger charge is -2.10. The van der Waals surface area contributed by atoms with Gasteiger partial charge in [0.25, 0.3) is 0 Å². The molecule has 0 radical (unpaired) electrons. The standard InChI is InChI=1S/C17H17N3O4S2/c1-8-4-5-12(24-8)16-20-11(7-25-16)6-13(21)18-10(3)15-19-9(2)14(26-15)17(22)23/h4-5,7,10H,6H2,1-3H3,(H,18,21)(H,22,23). The smallest absolute Gasteiger partial charge is 0.347 e. The van der Waals surface area contributed by atoms with Crippen molar-refractivity contribution in [2.24, 2.45) is 0 Å². The molecular formula is C17H17N3O4S2. The van der Waals surface area contributed by atoms with E-state index in [0.717, 1.165) is 22.1 Å². The number of aromatic nitrogens is 2. The number of thiazole rings is 2. The number of furan rings is 1. The van der Waals surface area contributed by atoms with Gasteiger partial charge in [-0.2, -0.15) is 0 Å². The molecule has 9 heteroatoms. The molecule has 1 amide bonds. The van der Waals surface area contributed by atoms with E-state index >= 15 is 0 Å². The first-order valence-corrected chi connectivity index (χ1v) is 9.54. The van der Waals surface area contributed by atoms with Crippen molar-refractivity contribution in [2.75, 3.05) is 0 Å². The Labute approximate surface area is 157 Å². The highest BCUT2D eigenvalue weighted by Crippen LogP contribution is 2.26. The van der Waals surface area contributed by atoms with Gasteiger partial charge in [0, 0.05) is 5.38 Å². The maximum atomic E-state index is 12.3. The lowest BCUT2D eigenvalue weighted by Crippen LogP contribution is -2.28. The van der Waals surface area contributed by atoms with E-state index < -0.39 is 5.97 Å². The molecule has 0 aliphatic rings.